The Morgan fingerprint density at radius 2 is 1.07 bits per heavy atom. The van der Waals surface area contributed by atoms with E-state index in [9.17, 15) is 0 Å². The maximum absolute atomic E-state index is 2.39. The smallest absolute Gasteiger partial charge is 0.00934 e. The monoisotopic (exact) mass is 520 g/mol. The van der Waals surface area contributed by atoms with E-state index in [2.05, 4.69) is 146 Å². The molecule has 192 valence electrons. The van der Waals surface area contributed by atoms with Gasteiger partial charge in [0, 0.05) is 5.92 Å². The van der Waals surface area contributed by atoms with Crippen molar-refractivity contribution in [2.24, 2.45) is 5.92 Å². The standard InChI is InChI=1S/C41H28/c1-2-13-31-28(9-1)24-30-12-8-18-38-32(21-22-39(31)41(30)38)29-11-7-10-26(23-29)27-19-20-37-35-16-4-3-14-33(35)34-15-5-6-17-36(34)40(37)25-27/h1-23,25,28,31H,24H2. The van der Waals surface area contributed by atoms with Gasteiger partial charge in [-0.05, 0) is 101 Å². The van der Waals surface area contributed by atoms with Gasteiger partial charge >= 0.3 is 0 Å². The molecule has 9 rings (SSSR count). The number of hydrogen-bond donors (Lipinski definition) is 0. The molecule has 0 aliphatic heterocycles. The molecule has 0 heteroatoms. The van der Waals surface area contributed by atoms with Gasteiger partial charge in [-0.25, -0.2) is 0 Å². The van der Waals surface area contributed by atoms with Gasteiger partial charge < -0.3 is 0 Å². The number of fused-ring (bicyclic) bond motifs is 8. The lowest BCUT2D eigenvalue weighted by molar-refractivity contribution is 0.566. The first-order chi connectivity index (χ1) is 20.3. The highest BCUT2D eigenvalue weighted by atomic mass is 14.3. The Balaban J connectivity index is 1.22. The second kappa shape index (κ2) is 8.78. The minimum atomic E-state index is 0.473. The summed E-state index contributed by atoms with van der Waals surface area (Å²) < 4.78 is 0. The van der Waals surface area contributed by atoms with Crippen molar-refractivity contribution < 1.29 is 0 Å². The zero-order valence-corrected chi connectivity index (χ0v) is 22.7. The van der Waals surface area contributed by atoms with Crippen LogP contribution in [-0.4, -0.2) is 0 Å². The molecule has 0 saturated heterocycles. The third kappa shape index (κ3) is 3.41. The van der Waals surface area contributed by atoms with E-state index in [1.165, 1.54) is 76.5 Å². The normalized spacial score (nSPS) is 17.5. The minimum Gasteiger partial charge on any atom is -0.0802 e. The molecule has 0 saturated carbocycles. The molecule has 2 atom stereocenters. The van der Waals surface area contributed by atoms with Crippen LogP contribution in [0.1, 0.15) is 17.0 Å². The lowest BCUT2D eigenvalue weighted by atomic mass is 9.72. The predicted octanol–water partition coefficient (Wildman–Crippen LogP) is 11.0. The van der Waals surface area contributed by atoms with Gasteiger partial charge in [-0.15, -0.1) is 0 Å². The summed E-state index contributed by atoms with van der Waals surface area (Å²) in [5.74, 6) is 1.04. The molecule has 7 aromatic carbocycles. The highest BCUT2D eigenvalue weighted by Crippen LogP contribution is 2.45. The van der Waals surface area contributed by atoms with Crippen molar-refractivity contribution in [3.05, 3.63) is 157 Å². The zero-order chi connectivity index (χ0) is 26.9. The molecule has 0 aromatic heterocycles. The van der Waals surface area contributed by atoms with Crippen LogP contribution in [0.2, 0.25) is 0 Å². The first-order valence-corrected chi connectivity index (χ1v) is 14.7. The quantitative estimate of drug-likeness (QED) is 0.199. The van der Waals surface area contributed by atoms with Crippen LogP contribution in [-0.2, 0) is 6.42 Å². The molecule has 2 unspecified atom stereocenters. The fourth-order valence-corrected chi connectivity index (χ4v) is 7.60. The van der Waals surface area contributed by atoms with Gasteiger partial charge in [-0.2, -0.15) is 0 Å². The van der Waals surface area contributed by atoms with E-state index >= 15 is 0 Å². The predicted molar refractivity (Wildman–Crippen MR) is 176 cm³/mol. The number of hydrogen-bond acceptors (Lipinski definition) is 0. The van der Waals surface area contributed by atoms with Gasteiger partial charge in [0.25, 0.3) is 0 Å². The van der Waals surface area contributed by atoms with E-state index < -0.39 is 0 Å². The van der Waals surface area contributed by atoms with Crippen molar-refractivity contribution in [1.82, 2.24) is 0 Å². The average molecular weight is 521 g/mol. The highest BCUT2D eigenvalue weighted by Gasteiger charge is 2.29. The summed E-state index contributed by atoms with van der Waals surface area (Å²) in [6.07, 6.45) is 10.3. The van der Waals surface area contributed by atoms with Crippen LogP contribution in [0.3, 0.4) is 0 Å². The van der Waals surface area contributed by atoms with Crippen LogP contribution >= 0.6 is 0 Å². The lowest BCUT2D eigenvalue weighted by Gasteiger charge is -2.32. The van der Waals surface area contributed by atoms with Gasteiger partial charge in [0.1, 0.15) is 0 Å². The van der Waals surface area contributed by atoms with Crippen LogP contribution in [0.4, 0.5) is 0 Å². The van der Waals surface area contributed by atoms with Gasteiger partial charge in [0.05, 0.1) is 0 Å². The summed E-state index contributed by atoms with van der Waals surface area (Å²) in [6, 6.07) is 45.4. The summed E-state index contributed by atoms with van der Waals surface area (Å²) in [4.78, 5) is 0. The van der Waals surface area contributed by atoms with E-state index in [0.29, 0.717) is 11.8 Å². The first-order valence-electron chi connectivity index (χ1n) is 14.7. The number of rotatable bonds is 2. The molecular formula is C41H28. The van der Waals surface area contributed by atoms with Crippen LogP contribution in [0.15, 0.2) is 146 Å². The van der Waals surface area contributed by atoms with E-state index in [4.69, 9.17) is 0 Å². The Kier molecular flexibility index (Phi) is 4.89. The zero-order valence-electron chi connectivity index (χ0n) is 22.7. The Morgan fingerprint density at radius 3 is 1.88 bits per heavy atom. The lowest BCUT2D eigenvalue weighted by Crippen LogP contribution is -2.19. The largest absolute Gasteiger partial charge is 0.0802 e. The van der Waals surface area contributed by atoms with Crippen LogP contribution in [0.25, 0.3) is 65.3 Å². The summed E-state index contributed by atoms with van der Waals surface area (Å²) in [7, 11) is 0. The Labute approximate surface area is 239 Å². The van der Waals surface area contributed by atoms with Crippen molar-refractivity contribution in [2.45, 2.75) is 12.3 Å². The van der Waals surface area contributed by atoms with Gasteiger partial charge in [0.15, 0.2) is 0 Å². The fourth-order valence-electron chi connectivity index (χ4n) is 7.60. The van der Waals surface area contributed by atoms with E-state index in [1.54, 1.807) is 0 Å². The minimum absolute atomic E-state index is 0.473. The molecule has 0 amide bonds. The summed E-state index contributed by atoms with van der Waals surface area (Å²) >= 11 is 0. The Bertz CT molecular complexity index is 2210. The molecule has 0 fully saturated rings. The molecule has 0 heterocycles. The summed E-state index contributed by atoms with van der Waals surface area (Å²) in [5, 5.41) is 10.7. The molecule has 2 aliphatic rings. The van der Waals surface area contributed by atoms with Gasteiger partial charge in [-0.1, -0.05) is 133 Å². The fraction of sp³-hybridized carbons (Fsp3) is 0.0732. The number of allylic oxidation sites excluding steroid dienone is 4. The van der Waals surface area contributed by atoms with Crippen LogP contribution in [0.5, 0.6) is 0 Å². The molecule has 0 spiro atoms. The maximum Gasteiger partial charge on any atom is 0.00934 e. The van der Waals surface area contributed by atoms with Gasteiger partial charge in [0.2, 0.25) is 0 Å². The average Bonchev–Trinajstić information content (AvgIpc) is 3.05. The highest BCUT2D eigenvalue weighted by molar-refractivity contribution is 6.25. The molecule has 0 nitrogen and oxygen atoms in total. The Hall–Kier alpha value is -4.94. The number of benzene rings is 7. The van der Waals surface area contributed by atoms with Crippen molar-refractivity contribution in [3.8, 4) is 22.3 Å². The van der Waals surface area contributed by atoms with Crippen LogP contribution < -0.4 is 0 Å². The van der Waals surface area contributed by atoms with Crippen molar-refractivity contribution in [3.63, 3.8) is 0 Å². The van der Waals surface area contributed by atoms with Gasteiger partial charge in [-0.3, -0.25) is 0 Å². The third-order valence-electron chi connectivity index (χ3n) is 9.47. The Morgan fingerprint density at radius 1 is 0.439 bits per heavy atom. The molecule has 0 bridgehead atoms. The second-order valence-electron chi connectivity index (χ2n) is 11.6. The molecule has 41 heavy (non-hydrogen) atoms. The van der Waals surface area contributed by atoms with Crippen molar-refractivity contribution in [2.75, 3.05) is 0 Å². The molecule has 7 aromatic rings. The maximum atomic E-state index is 2.39. The molecule has 0 radical (unpaired) electrons. The summed E-state index contributed by atoms with van der Waals surface area (Å²) in [6.45, 7) is 0. The van der Waals surface area contributed by atoms with E-state index in [1.807, 2.05) is 0 Å². The molecule has 0 N–H and O–H groups in total. The molecule has 2 aliphatic carbocycles. The van der Waals surface area contributed by atoms with Crippen molar-refractivity contribution in [1.29, 1.82) is 0 Å². The first kappa shape index (κ1) is 22.8. The van der Waals surface area contributed by atoms with Crippen LogP contribution in [0, 0.1) is 5.92 Å². The van der Waals surface area contributed by atoms with E-state index in [-0.39, 0.29) is 0 Å². The van der Waals surface area contributed by atoms with E-state index in [0.717, 1.165) is 6.42 Å². The second-order valence-corrected chi connectivity index (χ2v) is 11.6. The topological polar surface area (TPSA) is 0 Å². The SMILES string of the molecule is C1=CC2Cc3cccc4c(-c5cccc(-c6ccc7c8ccccc8c8ccccc8c7c6)c5)ccc(c34)C2C=C1. The van der Waals surface area contributed by atoms with Crippen molar-refractivity contribution >= 4 is 43.1 Å². The third-order valence-corrected chi connectivity index (χ3v) is 9.47. The molecular weight excluding hydrogens is 492 g/mol. The summed E-state index contributed by atoms with van der Waals surface area (Å²) in [5.41, 5.74) is 8.05.